The molecule has 0 spiro atoms. The number of rotatable bonds is 13. The Balaban J connectivity index is 2.23. The third kappa shape index (κ3) is 11.8. The van der Waals surface area contributed by atoms with Gasteiger partial charge in [-0.25, -0.2) is 4.79 Å². The number of aliphatic hydroxyl groups is 1. The van der Waals surface area contributed by atoms with E-state index in [9.17, 15) is 19.5 Å². The molecule has 0 radical (unpaired) electrons. The number of thiophene rings is 1. The number of hydrogen-bond donors (Lipinski definition) is 4. The van der Waals surface area contributed by atoms with Crippen molar-refractivity contribution in [1.29, 1.82) is 0 Å². The predicted molar refractivity (Wildman–Crippen MR) is 155 cm³/mol. The van der Waals surface area contributed by atoms with E-state index in [2.05, 4.69) is 16.0 Å². The van der Waals surface area contributed by atoms with Gasteiger partial charge in [-0.1, -0.05) is 64.1 Å². The lowest BCUT2D eigenvalue weighted by atomic mass is 9.96. The molecule has 0 aliphatic heterocycles. The van der Waals surface area contributed by atoms with Gasteiger partial charge in [-0.3, -0.25) is 9.59 Å². The van der Waals surface area contributed by atoms with E-state index in [1.54, 1.807) is 20.8 Å². The van der Waals surface area contributed by atoms with Crippen LogP contribution in [0.3, 0.4) is 0 Å². The molecule has 216 valence electrons. The van der Waals surface area contributed by atoms with Gasteiger partial charge in [0.15, 0.2) is 0 Å². The molecule has 3 amide bonds. The van der Waals surface area contributed by atoms with Crippen molar-refractivity contribution in [3.63, 3.8) is 0 Å². The quantitative estimate of drug-likeness (QED) is 0.276. The summed E-state index contributed by atoms with van der Waals surface area (Å²) < 4.78 is 5.39. The van der Waals surface area contributed by atoms with Crippen LogP contribution in [0.4, 0.5) is 4.79 Å². The molecule has 4 N–H and O–H groups in total. The number of benzene rings is 1. The third-order valence-corrected chi connectivity index (χ3v) is 6.84. The van der Waals surface area contributed by atoms with Crippen LogP contribution in [0.25, 0.3) is 0 Å². The maximum Gasteiger partial charge on any atom is 0.408 e. The van der Waals surface area contributed by atoms with Crippen molar-refractivity contribution in [3.8, 4) is 0 Å². The van der Waals surface area contributed by atoms with E-state index in [0.717, 1.165) is 10.4 Å². The van der Waals surface area contributed by atoms with E-state index < -0.39 is 41.8 Å². The fourth-order valence-corrected chi connectivity index (χ4v) is 4.98. The zero-order valence-electron chi connectivity index (χ0n) is 24.2. The van der Waals surface area contributed by atoms with E-state index in [1.165, 1.54) is 11.3 Å². The zero-order chi connectivity index (χ0) is 29.2. The van der Waals surface area contributed by atoms with Gasteiger partial charge in [0.2, 0.25) is 11.8 Å². The Bertz CT molecular complexity index is 1030. The van der Waals surface area contributed by atoms with Gasteiger partial charge in [-0.05, 0) is 62.5 Å². The molecule has 9 heteroatoms. The first kappa shape index (κ1) is 32.3. The number of hydrogen-bond acceptors (Lipinski definition) is 6. The van der Waals surface area contributed by atoms with Gasteiger partial charge in [0.25, 0.3) is 0 Å². The van der Waals surface area contributed by atoms with Crippen LogP contribution in [-0.2, 0) is 20.7 Å². The molecule has 1 aromatic heterocycles. The molecule has 0 fully saturated rings. The first-order valence-corrected chi connectivity index (χ1v) is 14.5. The summed E-state index contributed by atoms with van der Waals surface area (Å²) in [5.41, 5.74) is 0.127. The Morgan fingerprint density at radius 1 is 0.846 bits per heavy atom. The van der Waals surface area contributed by atoms with Gasteiger partial charge >= 0.3 is 6.09 Å². The topological polar surface area (TPSA) is 117 Å². The van der Waals surface area contributed by atoms with Crippen LogP contribution in [0.5, 0.6) is 0 Å². The summed E-state index contributed by atoms with van der Waals surface area (Å²) in [7, 11) is 0. The Labute approximate surface area is 236 Å². The smallest absolute Gasteiger partial charge is 0.408 e. The van der Waals surface area contributed by atoms with Crippen molar-refractivity contribution in [2.75, 3.05) is 0 Å². The molecule has 2 rings (SSSR count). The summed E-state index contributed by atoms with van der Waals surface area (Å²) in [5, 5.41) is 21.4. The van der Waals surface area contributed by atoms with Crippen molar-refractivity contribution >= 4 is 29.2 Å². The van der Waals surface area contributed by atoms with E-state index in [-0.39, 0.29) is 24.2 Å². The molecule has 1 aromatic carbocycles. The fraction of sp³-hybridized carbons (Fsp3) is 0.567. The standard InChI is InChI=1S/C30H45N3O5S/c1-19(2)16-22(26(34)25-14-11-15-39-25)31-27(35)23(17-20(3)4)32-28(36)24(18-21-12-9-8-10-13-21)33-29(37)38-30(5,6)7/h8-15,19-20,22-24,26,34H,16-18H2,1-7H3,(H,31,35)(H,32,36)(H,33,37)/t22-,23-,24-,26+/m0/s1. The number of alkyl carbamates (subject to hydrolysis) is 1. The lowest BCUT2D eigenvalue weighted by Gasteiger charge is -2.29. The monoisotopic (exact) mass is 559 g/mol. The summed E-state index contributed by atoms with van der Waals surface area (Å²) in [6, 6.07) is 10.7. The van der Waals surface area contributed by atoms with Crippen LogP contribution >= 0.6 is 11.3 Å². The highest BCUT2D eigenvalue weighted by Gasteiger charge is 2.32. The second-order valence-electron chi connectivity index (χ2n) is 11.8. The molecule has 1 heterocycles. The number of nitrogens with one attached hydrogen (secondary N) is 3. The van der Waals surface area contributed by atoms with Gasteiger partial charge in [-0.15, -0.1) is 11.3 Å². The van der Waals surface area contributed by atoms with Crippen molar-refractivity contribution < 1.29 is 24.2 Å². The molecule has 0 aliphatic carbocycles. The molecule has 0 aliphatic rings. The molecule has 0 unspecified atom stereocenters. The van der Waals surface area contributed by atoms with Crippen LogP contribution < -0.4 is 16.0 Å². The lowest BCUT2D eigenvalue weighted by molar-refractivity contribution is -0.131. The maximum atomic E-state index is 13.5. The minimum atomic E-state index is -0.951. The highest BCUT2D eigenvalue weighted by atomic mass is 32.1. The highest BCUT2D eigenvalue weighted by molar-refractivity contribution is 7.10. The van der Waals surface area contributed by atoms with E-state index in [4.69, 9.17) is 4.74 Å². The van der Waals surface area contributed by atoms with Gasteiger partial charge in [0, 0.05) is 11.3 Å². The Hall–Kier alpha value is -2.91. The van der Waals surface area contributed by atoms with Crippen LogP contribution in [0.1, 0.15) is 77.9 Å². The van der Waals surface area contributed by atoms with E-state index in [0.29, 0.717) is 12.8 Å². The van der Waals surface area contributed by atoms with Crippen molar-refractivity contribution in [1.82, 2.24) is 16.0 Å². The minimum absolute atomic E-state index is 0.109. The van der Waals surface area contributed by atoms with Crippen molar-refractivity contribution in [2.24, 2.45) is 11.8 Å². The number of aliphatic hydroxyl groups excluding tert-OH is 1. The normalized spacial score (nSPS) is 14.8. The number of carbonyl (C=O) groups is 3. The van der Waals surface area contributed by atoms with Gasteiger partial charge in [-0.2, -0.15) is 0 Å². The molecule has 39 heavy (non-hydrogen) atoms. The fourth-order valence-electron chi connectivity index (χ4n) is 4.20. The summed E-state index contributed by atoms with van der Waals surface area (Å²) >= 11 is 1.43. The third-order valence-electron chi connectivity index (χ3n) is 5.90. The predicted octanol–water partition coefficient (Wildman–Crippen LogP) is 4.98. The summed E-state index contributed by atoms with van der Waals surface area (Å²) in [4.78, 5) is 40.4. The number of carbonyl (C=O) groups excluding carboxylic acids is 3. The average Bonchev–Trinajstić information content (AvgIpc) is 3.36. The SMILES string of the molecule is CC(C)C[C@H](NC(=O)[C@H](Cc1ccccc1)NC(=O)OC(C)(C)C)C(=O)N[C@@H](CC(C)C)[C@@H](O)c1cccs1. The highest BCUT2D eigenvalue weighted by Crippen LogP contribution is 2.25. The van der Waals surface area contributed by atoms with Gasteiger partial charge < -0.3 is 25.8 Å². The maximum absolute atomic E-state index is 13.5. The van der Waals surface area contributed by atoms with Crippen molar-refractivity contribution in [3.05, 3.63) is 58.3 Å². The molecule has 2 aromatic rings. The Morgan fingerprint density at radius 3 is 2.00 bits per heavy atom. The van der Waals surface area contributed by atoms with Gasteiger partial charge in [0.1, 0.15) is 23.8 Å². The second-order valence-corrected chi connectivity index (χ2v) is 12.8. The molecule has 4 atom stereocenters. The van der Waals surface area contributed by atoms with Crippen molar-refractivity contribution in [2.45, 2.75) is 97.6 Å². The number of ether oxygens (including phenoxy) is 1. The first-order chi connectivity index (χ1) is 18.2. The van der Waals surface area contributed by atoms with Crippen LogP contribution in [0.15, 0.2) is 47.8 Å². The average molecular weight is 560 g/mol. The largest absolute Gasteiger partial charge is 0.444 e. The van der Waals surface area contributed by atoms with Crippen LogP contribution in [0, 0.1) is 11.8 Å². The Kier molecular flexibility index (Phi) is 12.4. The molecule has 0 saturated carbocycles. The first-order valence-electron chi connectivity index (χ1n) is 13.6. The van der Waals surface area contributed by atoms with E-state index >= 15 is 0 Å². The molecule has 0 bridgehead atoms. The summed E-state index contributed by atoms with van der Waals surface area (Å²) in [6.45, 7) is 13.3. The lowest BCUT2D eigenvalue weighted by Crippen LogP contribution is -2.56. The Morgan fingerprint density at radius 2 is 1.46 bits per heavy atom. The summed E-state index contributed by atoms with van der Waals surface area (Å²) in [6.07, 6.45) is -0.365. The molecule has 0 saturated heterocycles. The molecular formula is C30H45N3O5S. The molecule has 8 nitrogen and oxygen atoms in total. The van der Waals surface area contributed by atoms with Crippen LogP contribution in [0.2, 0.25) is 0 Å². The molecular weight excluding hydrogens is 514 g/mol. The minimum Gasteiger partial charge on any atom is -0.444 e. The number of amides is 3. The van der Waals surface area contributed by atoms with Gasteiger partial charge in [0.05, 0.1) is 6.04 Å². The summed E-state index contributed by atoms with van der Waals surface area (Å²) in [5.74, 6) is -0.506. The second kappa shape index (κ2) is 15.0. The van der Waals surface area contributed by atoms with Crippen LogP contribution in [-0.4, -0.2) is 46.7 Å². The zero-order valence-corrected chi connectivity index (χ0v) is 25.0. The van der Waals surface area contributed by atoms with E-state index in [1.807, 2.05) is 75.5 Å².